The molecule has 0 aliphatic rings. The molecule has 0 fully saturated rings. The van der Waals surface area contributed by atoms with Crippen molar-refractivity contribution in [3.8, 4) is 0 Å². The molecule has 0 atom stereocenters. The van der Waals surface area contributed by atoms with Crippen LogP contribution in [0, 0.1) is 0 Å². The summed E-state index contributed by atoms with van der Waals surface area (Å²) in [5, 5.41) is 0.505. The van der Waals surface area contributed by atoms with E-state index in [2.05, 4.69) is 9.97 Å². The van der Waals surface area contributed by atoms with Gasteiger partial charge in [0.2, 0.25) is 0 Å². The monoisotopic (exact) mass is 233 g/mol. The average molecular weight is 234 g/mol. The Morgan fingerprint density at radius 3 is 2.81 bits per heavy atom. The SMILES string of the molecule is C/C=C/c1ccc(Cn2cnc(Cl)c2)nc1. The fourth-order valence-corrected chi connectivity index (χ4v) is 1.60. The van der Waals surface area contributed by atoms with Crippen molar-refractivity contribution in [3.05, 3.63) is 53.3 Å². The summed E-state index contributed by atoms with van der Waals surface area (Å²) >= 11 is 5.73. The Balaban J connectivity index is 2.10. The van der Waals surface area contributed by atoms with Crippen LogP contribution in [-0.4, -0.2) is 14.5 Å². The van der Waals surface area contributed by atoms with Crippen molar-refractivity contribution in [2.24, 2.45) is 0 Å². The van der Waals surface area contributed by atoms with Crippen molar-refractivity contribution in [3.63, 3.8) is 0 Å². The molecule has 82 valence electrons. The van der Waals surface area contributed by atoms with Crippen LogP contribution in [0.15, 0.2) is 36.9 Å². The summed E-state index contributed by atoms with van der Waals surface area (Å²) in [6.45, 7) is 2.68. The minimum atomic E-state index is 0.505. The van der Waals surface area contributed by atoms with Gasteiger partial charge in [-0.15, -0.1) is 0 Å². The number of hydrogen-bond acceptors (Lipinski definition) is 2. The molecule has 0 unspecified atom stereocenters. The van der Waals surface area contributed by atoms with Gasteiger partial charge in [-0.2, -0.15) is 0 Å². The van der Waals surface area contributed by atoms with E-state index >= 15 is 0 Å². The lowest BCUT2D eigenvalue weighted by Crippen LogP contribution is -1.98. The molecule has 0 spiro atoms. The number of pyridine rings is 1. The summed E-state index contributed by atoms with van der Waals surface area (Å²) in [4.78, 5) is 8.31. The van der Waals surface area contributed by atoms with E-state index in [1.54, 1.807) is 12.5 Å². The summed E-state index contributed by atoms with van der Waals surface area (Å²) in [6.07, 6.45) is 9.35. The molecule has 2 heterocycles. The second-order valence-electron chi connectivity index (χ2n) is 3.45. The van der Waals surface area contributed by atoms with Crippen LogP contribution < -0.4 is 0 Å². The molecule has 2 aromatic rings. The van der Waals surface area contributed by atoms with Crippen molar-refractivity contribution >= 4 is 17.7 Å². The van der Waals surface area contributed by atoms with Crippen LogP contribution in [0.3, 0.4) is 0 Å². The summed E-state index contributed by atoms with van der Waals surface area (Å²) < 4.78 is 1.90. The molecular formula is C12H12ClN3. The first kappa shape index (κ1) is 10.9. The Labute approximate surface area is 99.4 Å². The van der Waals surface area contributed by atoms with Gasteiger partial charge in [0.15, 0.2) is 0 Å². The standard InChI is InChI=1S/C12H12ClN3/c1-2-3-10-4-5-11(14-6-10)7-16-8-12(13)15-9-16/h2-6,8-9H,7H2,1H3/b3-2+. The highest BCUT2D eigenvalue weighted by Gasteiger charge is 1.98. The van der Waals surface area contributed by atoms with E-state index in [0.29, 0.717) is 11.7 Å². The lowest BCUT2D eigenvalue weighted by Gasteiger charge is -2.01. The van der Waals surface area contributed by atoms with E-state index in [4.69, 9.17) is 11.6 Å². The molecule has 0 saturated heterocycles. The minimum Gasteiger partial charge on any atom is -0.330 e. The summed E-state index contributed by atoms with van der Waals surface area (Å²) in [5.41, 5.74) is 2.09. The molecule has 0 amide bonds. The maximum absolute atomic E-state index is 5.73. The summed E-state index contributed by atoms with van der Waals surface area (Å²) in [5.74, 6) is 0. The number of nitrogens with zero attached hydrogens (tertiary/aromatic N) is 3. The fourth-order valence-electron chi connectivity index (χ4n) is 1.43. The molecule has 0 N–H and O–H groups in total. The largest absolute Gasteiger partial charge is 0.330 e. The highest BCUT2D eigenvalue weighted by molar-refractivity contribution is 6.29. The van der Waals surface area contributed by atoms with Crippen LogP contribution >= 0.6 is 11.6 Å². The predicted octanol–water partition coefficient (Wildman–Crippen LogP) is 3.01. The molecule has 2 aromatic heterocycles. The average Bonchev–Trinajstić information content (AvgIpc) is 2.67. The second-order valence-corrected chi connectivity index (χ2v) is 3.84. The molecule has 2 rings (SSSR count). The van der Waals surface area contributed by atoms with E-state index in [1.807, 2.05) is 42.0 Å². The van der Waals surface area contributed by atoms with Gasteiger partial charge in [-0.1, -0.05) is 29.8 Å². The number of imidazole rings is 1. The van der Waals surface area contributed by atoms with Gasteiger partial charge < -0.3 is 4.57 Å². The van der Waals surface area contributed by atoms with Crippen molar-refractivity contribution in [1.29, 1.82) is 0 Å². The second kappa shape index (κ2) is 4.94. The zero-order chi connectivity index (χ0) is 11.4. The molecule has 0 saturated carbocycles. The molecule has 0 radical (unpaired) electrons. The number of hydrogen-bond donors (Lipinski definition) is 0. The van der Waals surface area contributed by atoms with E-state index < -0.39 is 0 Å². The Hall–Kier alpha value is -1.61. The van der Waals surface area contributed by atoms with E-state index in [0.717, 1.165) is 11.3 Å². The van der Waals surface area contributed by atoms with E-state index in [-0.39, 0.29) is 0 Å². The van der Waals surface area contributed by atoms with Crippen LogP contribution in [0.4, 0.5) is 0 Å². The Morgan fingerprint density at radius 1 is 1.38 bits per heavy atom. The predicted molar refractivity (Wildman–Crippen MR) is 65.3 cm³/mol. The van der Waals surface area contributed by atoms with Gasteiger partial charge in [-0.3, -0.25) is 4.98 Å². The first-order valence-corrected chi connectivity index (χ1v) is 5.40. The molecule has 4 heteroatoms. The van der Waals surface area contributed by atoms with Gasteiger partial charge in [0.25, 0.3) is 0 Å². The highest BCUT2D eigenvalue weighted by Crippen LogP contribution is 2.07. The number of aromatic nitrogens is 3. The maximum Gasteiger partial charge on any atom is 0.146 e. The zero-order valence-corrected chi connectivity index (χ0v) is 9.72. The maximum atomic E-state index is 5.73. The third-order valence-electron chi connectivity index (χ3n) is 2.15. The van der Waals surface area contributed by atoms with Gasteiger partial charge in [-0.05, 0) is 18.6 Å². The van der Waals surface area contributed by atoms with Crippen molar-refractivity contribution < 1.29 is 0 Å². The van der Waals surface area contributed by atoms with Crippen LogP contribution in [0.5, 0.6) is 0 Å². The summed E-state index contributed by atoms with van der Waals surface area (Å²) in [7, 11) is 0. The van der Waals surface area contributed by atoms with Gasteiger partial charge >= 0.3 is 0 Å². The molecule has 0 aliphatic carbocycles. The number of rotatable bonds is 3. The topological polar surface area (TPSA) is 30.7 Å². The molecule has 16 heavy (non-hydrogen) atoms. The quantitative estimate of drug-likeness (QED) is 0.816. The number of allylic oxidation sites excluding steroid dienone is 1. The van der Waals surface area contributed by atoms with Crippen LogP contribution in [0.1, 0.15) is 18.2 Å². The Bertz CT molecular complexity index is 485. The highest BCUT2D eigenvalue weighted by atomic mass is 35.5. The zero-order valence-electron chi connectivity index (χ0n) is 8.97. The van der Waals surface area contributed by atoms with Gasteiger partial charge in [0.1, 0.15) is 5.15 Å². The molecule has 0 bridgehead atoms. The lowest BCUT2D eigenvalue weighted by molar-refractivity contribution is 0.773. The first-order valence-electron chi connectivity index (χ1n) is 5.03. The first-order chi connectivity index (χ1) is 7.78. The van der Waals surface area contributed by atoms with Gasteiger partial charge in [0.05, 0.1) is 18.6 Å². The normalized spacial score (nSPS) is 11.1. The van der Waals surface area contributed by atoms with Gasteiger partial charge in [-0.25, -0.2) is 4.98 Å². The molecule has 0 aliphatic heterocycles. The smallest absolute Gasteiger partial charge is 0.146 e. The van der Waals surface area contributed by atoms with Crippen molar-refractivity contribution in [2.45, 2.75) is 13.5 Å². The third kappa shape index (κ3) is 2.70. The lowest BCUT2D eigenvalue weighted by atomic mass is 10.2. The van der Waals surface area contributed by atoms with Gasteiger partial charge in [0, 0.05) is 12.4 Å². The van der Waals surface area contributed by atoms with Crippen molar-refractivity contribution in [2.75, 3.05) is 0 Å². The Morgan fingerprint density at radius 2 is 2.25 bits per heavy atom. The minimum absolute atomic E-state index is 0.505. The van der Waals surface area contributed by atoms with Crippen LogP contribution in [-0.2, 0) is 6.54 Å². The Kier molecular flexibility index (Phi) is 3.37. The van der Waals surface area contributed by atoms with E-state index in [9.17, 15) is 0 Å². The third-order valence-corrected chi connectivity index (χ3v) is 2.35. The molecular weight excluding hydrogens is 222 g/mol. The van der Waals surface area contributed by atoms with Crippen molar-refractivity contribution in [1.82, 2.24) is 14.5 Å². The fraction of sp³-hybridized carbons (Fsp3) is 0.167. The van der Waals surface area contributed by atoms with E-state index in [1.165, 1.54) is 0 Å². The molecule has 0 aromatic carbocycles. The molecule has 3 nitrogen and oxygen atoms in total. The number of halogens is 1. The van der Waals surface area contributed by atoms with Crippen LogP contribution in [0.2, 0.25) is 5.15 Å². The van der Waals surface area contributed by atoms with Crippen LogP contribution in [0.25, 0.3) is 6.08 Å². The summed E-state index contributed by atoms with van der Waals surface area (Å²) in [6, 6.07) is 4.05.